The van der Waals surface area contributed by atoms with Gasteiger partial charge in [0.25, 0.3) is 0 Å². The van der Waals surface area contributed by atoms with E-state index in [1.165, 1.54) is 32.2 Å². The van der Waals surface area contributed by atoms with Crippen molar-refractivity contribution in [3.05, 3.63) is 0 Å². The number of hydrogen-bond donors (Lipinski definition) is 0. The zero-order chi connectivity index (χ0) is 9.31. The van der Waals surface area contributed by atoms with Gasteiger partial charge < -0.3 is 0 Å². The molecule has 1 aliphatic carbocycles. The Morgan fingerprint density at radius 1 is 1.38 bits per heavy atom. The van der Waals surface area contributed by atoms with E-state index in [1.54, 1.807) is 0 Å². The minimum atomic E-state index is -0.603. The highest BCUT2D eigenvalue weighted by Gasteiger charge is 2.45. The first-order valence-electron chi connectivity index (χ1n) is 5.60. The van der Waals surface area contributed by atoms with E-state index in [9.17, 15) is 4.39 Å². The van der Waals surface area contributed by atoms with Crippen molar-refractivity contribution in [1.82, 2.24) is 4.90 Å². The van der Waals surface area contributed by atoms with Crippen LogP contribution in [0.1, 0.15) is 39.0 Å². The quantitative estimate of drug-likeness (QED) is 0.653. The summed E-state index contributed by atoms with van der Waals surface area (Å²) in [6.07, 6.45) is 5.54. The van der Waals surface area contributed by atoms with Gasteiger partial charge in [0.1, 0.15) is 6.17 Å². The summed E-state index contributed by atoms with van der Waals surface area (Å²) < 4.78 is 13.1. The third kappa shape index (κ3) is 2.22. The topological polar surface area (TPSA) is 3.24 Å². The van der Waals surface area contributed by atoms with Crippen molar-refractivity contribution < 1.29 is 4.39 Å². The lowest BCUT2D eigenvalue weighted by molar-refractivity contribution is 0.121. The van der Waals surface area contributed by atoms with Crippen LogP contribution in [0.15, 0.2) is 0 Å². The van der Waals surface area contributed by atoms with E-state index in [-0.39, 0.29) is 0 Å². The molecule has 1 nitrogen and oxygen atoms in total. The van der Waals surface area contributed by atoms with Gasteiger partial charge >= 0.3 is 0 Å². The third-order valence-electron chi connectivity index (χ3n) is 3.60. The first kappa shape index (κ1) is 9.45. The molecule has 0 aromatic heterocycles. The highest BCUT2D eigenvalue weighted by molar-refractivity contribution is 4.98. The molecule has 1 heterocycles. The van der Waals surface area contributed by atoms with Gasteiger partial charge in [-0.15, -0.1) is 0 Å². The minimum Gasteiger partial charge on any atom is -0.300 e. The Hall–Kier alpha value is -0.110. The lowest BCUT2D eigenvalue weighted by Gasteiger charge is -2.33. The maximum atomic E-state index is 13.1. The van der Waals surface area contributed by atoms with Gasteiger partial charge in [0.2, 0.25) is 0 Å². The van der Waals surface area contributed by atoms with Crippen molar-refractivity contribution in [2.45, 2.75) is 45.2 Å². The predicted molar refractivity (Wildman–Crippen MR) is 52.5 cm³/mol. The zero-order valence-corrected chi connectivity index (χ0v) is 8.56. The summed E-state index contributed by atoms with van der Waals surface area (Å²) in [7, 11) is 0. The second-order valence-corrected chi connectivity index (χ2v) is 4.84. The first-order valence-corrected chi connectivity index (χ1v) is 5.60. The molecule has 2 heteroatoms. The van der Waals surface area contributed by atoms with E-state index >= 15 is 0 Å². The van der Waals surface area contributed by atoms with Crippen molar-refractivity contribution in [2.75, 3.05) is 19.6 Å². The van der Waals surface area contributed by atoms with E-state index in [0.717, 1.165) is 6.54 Å². The molecule has 0 amide bonds. The summed E-state index contributed by atoms with van der Waals surface area (Å²) >= 11 is 0. The molecule has 1 unspecified atom stereocenters. The Labute approximate surface area is 80.3 Å². The van der Waals surface area contributed by atoms with Crippen LogP contribution in [-0.2, 0) is 0 Å². The average molecular weight is 185 g/mol. The van der Waals surface area contributed by atoms with Crippen LogP contribution in [0.3, 0.4) is 0 Å². The number of piperidine rings is 1. The maximum Gasteiger partial charge on any atom is 0.112 e. The molecule has 2 fully saturated rings. The standard InChI is InChI=1S/C11H20FN/c1-2-10(12)8-13-7-3-4-11(9-13)5-6-11/h10H,2-9H2,1H3. The molecule has 1 saturated heterocycles. The molecule has 0 bridgehead atoms. The predicted octanol–water partition coefficient (Wildman–Crippen LogP) is 2.61. The smallest absolute Gasteiger partial charge is 0.112 e. The molecule has 1 aliphatic heterocycles. The fraction of sp³-hybridized carbons (Fsp3) is 1.00. The van der Waals surface area contributed by atoms with Crippen LogP contribution in [0.25, 0.3) is 0 Å². The van der Waals surface area contributed by atoms with Crippen molar-refractivity contribution in [3.63, 3.8) is 0 Å². The zero-order valence-electron chi connectivity index (χ0n) is 8.56. The van der Waals surface area contributed by atoms with Crippen LogP contribution in [0, 0.1) is 5.41 Å². The lowest BCUT2D eigenvalue weighted by atomic mass is 9.95. The Balaban J connectivity index is 1.79. The first-order chi connectivity index (χ1) is 6.24. The molecule has 1 spiro atoms. The Morgan fingerprint density at radius 3 is 2.77 bits per heavy atom. The number of nitrogens with zero attached hydrogens (tertiary/aromatic N) is 1. The van der Waals surface area contributed by atoms with Crippen molar-refractivity contribution in [3.8, 4) is 0 Å². The van der Waals surface area contributed by atoms with Crippen LogP contribution in [0.2, 0.25) is 0 Å². The summed E-state index contributed by atoms with van der Waals surface area (Å²) in [4.78, 5) is 2.34. The SMILES string of the molecule is CCC(F)CN1CCCC2(CC2)C1. The molecular formula is C11H20FN. The fourth-order valence-electron chi connectivity index (χ4n) is 2.46. The van der Waals surface area contributed by atoms with Crippen molar-refractivity contribution in [2.24, 2.45) is 5.41 Å². The molecule has 1 saturated carbocycles. The van der Waals surface area contributed by atoms with Gasteiger partial charge in [0.05, 0.1) is 0 Å². The molecule has 0 aromatic carbocycles. The van der Waals surface area contributed by atoms with E-state index in [1.807, 2.05) is 6.92 Å². The molecule has 0 N–H and O–H groups in total. The maximum absolute atomic E-state index is 13.1. The second kappa shape index (κ2) is 3.56. The number of alkyl halides is 1. The largest absolute Gasteiger partial charge is 0.300 e. The van der Waals surface area contributed by atoms with Crippen molar-refractivity contribution >= 4 is 0 Å². The molecular weight excluding hydrogens is 165 g/mol. The highest BCUT2D eigenvalue weighted by atomic mass is 19.1. The molecule has 2 rings (SSSR count). The van der Waals surface area contributed by atoms with E-state index < -0.39 is 6.17 Å². The van der Waals surface area contributed by atoms with Crippen LogP contribution in [0.5, 0.6) is 0 Å². The third-order valence-corrected chi connectivity index (χ3v) is 3.60. The van der Waals surface area contributed by atoms with E-state index in [2.05, 4.69) is 4.90 Å². The fourth-order valence-corrected chi connectivity index (χ4v) is 2.46. The van der Waals surface area contributed by atoms with Gasteiger partial charge in [0.15, 0.2) is 0 Å². The number of likely N-dealkylation sites (tertiary alicyclic amines) is 1. The summed E-state index contributed by atoms with van der Waals surface area (Å²) in [5.74, 6) is 0. The molecule has 0 aromatic rings. The Kier molecular flexibility index (Phi) is 2.59. The van der Waals surface area contributed by atoms with Crippen LogP contribution < -0.4 is 0 Å². The van der Waals surface area contributed by atoms with Crippen LogP contribution in [-0.4, -0.2) is 30.7 Å². The van der Waals surface area contributed by atoms with E-state index in [0.29, 0.717) is 18.4 Å². The molecule has 1 atom stereocenters. The van der Waals surface area contributed by atoms with Crippen LogP contribution in [0.4, 0.5) is 4.39 Å². The van der Waals surface area contributed by atoms with Gasteiger partial charge in [-0.3, -0.25) is 4.90 Å². The molecule has 13 heavy (non-hydrogen) atoms. The number of hydrogen-bond acceptors (Lipinski definition) is 1. The lowest BCUT2D eigenvalue weighted by Crippen LogP contribution is -2.39. The van der Waals surface area contributed by atoms with Gasteiger partial charge in [-0.25, -0.2) is 4.39 Å². The van der Waals surface area contributed by atoms with Gasteiger partial charge in [-0.2, -0.15) is 0 Å². The Bertz CT molecular complexity index is 177. The number of halogens is 1. The monoisotopic (exact) mass is 185 g/mol. The molecule has 2 aliphatic rings. The van der Waals surface area contributed by atoms with Gasteiger partial charge in [-0.05, 0) is 44.1 Å². The van der Waals surface area contributed by atoms with Crippen molar-refractivity contribution in [1.29, 1.82) is 0 Å². The van der Waals surface area contributed by atoms with Gasteiger partial charge in [0, 0.05) is 13.1 Å². The van der Waals surface area contributed by atoms with Gasteiger partial charge in [-0.1, -0.05) is 6.92 Å². The second-order valence-electron chi connectivity index (χ2n) is 4.84. The van der Waals surface area contributed by atoms with Crippen LogP contribution >= 0.6 is 0 Å². The van der Waals surface area contributed by atoms with E-state index in [4.69, 9.17) is 0 Å². The average Bonchev–Trinajstić information content (AvgIpc) is 2.85. The summed E-state index contributed by atoms with van der Waals surface area (Å²) in [6, 6.07) is 0. The molecule has 0 radical (unpaired) electrons. The normalized spacial score (nSPS) is 29.1. The summed E-state index contributed by atoms with van der Waals surface area (Å²) in [6.45, 7) is 4.91. The summed E-state index contributed by atoms with van der Waals surface area (Å²) in [5.41, 5.74) is 0.645. The highest BCUT2D eigenvalue weighted by Crippen LogP contribution is 2.51. The minimum absolute atomic E-state index is 0.603. The molecule has 76 valence electrons. The summed E-state index contributed by atoms with van der Waals surface area (Å²) in [5, 5.41) is 0. The number of rotatable bonds is 3. The Morgan fingerprint density at radius 2 is 2.15 bits per heavy atom.